The van der Waals surface area contributed by atoms with Gasteiger partial charge in [0.1, 0.15) is 23.6 Å². The summed E-state index contributed by atoms with van der Waals surface area (Å²) in [5.41, 5.74) is 2.21. The average Bonchev–Trinajstić information content (AvgIpc) is 3.55. The van der Waals surface area contributed by atoms with Crippen LogP contribution in [0.2, 0.25) is 0 Å². The van der Waals surface area contributed by atoms with E-state index in [0.717, 1.165) is 24.1 Å². The third kappa shape index (κ3) is 3.98. The van der Waals surface area contributed by atoms with E-state index in [4.69, 9.17) is 9.40 Å². The Hall–Kier alpha value is -4.12. The Morgan fingerprint density at radius 3 is 2.70 bits per heavy atom. The highest BCUT2D eigenvalue weighted by Crippen LogP contribution is 2.69. The molecule has 0 radical (unpaired) electrons. The molecule has 3 heterocycles. The van der Waals surface area contributed by atoms with Crippen LogP contribution in [-0.2, 0) is 16.6 Å². The van der Waals surface area contributed by atoms with Gasteiger partial charge in [-0.25, -0.2) is 18.7 Å². The Labute approximate surface area is 229 Å². The van der Waals surface area contributed by atoms with Crippen molar-refractivity contribution in [1.82, 2.24) is 30.5 Å². The SMILES string of the molecule is CC(O)CNC(=O)Cc1coc(-c2cncc([C@]34CC[C@@H](c5cc(-c6c(F)cccc6F)nnc53)C4(C)C)n2)n1. The van der Waals surface area contributed by atoms with Crippen LogP contribution in [0.15, 0.2) is 47.3 Å². The van der Waals surface area contributed by atoms with E-state index < -0.39 is 23.2 Å². The monoisotopic (exact) mass is 546 g/mol. The van der Waals surface area contributed by atoms with Crippen molar-refractivity contribution in [1.29, 1.82) is 0 Å². The van der Waals surface area contributed by atoms with Crippen LogP contribution in [-0.4, -0.2) is 48.8 Å². The molecule has 1 fully saturated rings. The second kappa shape index (κ2) is 9.51. The van der Waals surface area contributed by atoms with E-state index in [9.17, 15) is 18.7 Å². The minimum Gasteiger partial charge on any atom is -0.443 e. The van der Waals surface area contributed by atoms with Crippen LogP contribution in [0, 0.1) is 17.0 Å². The number of amides is 1. The highest BCUT2D eigenvalue weighted by Gasteiger charge is 2.65. The largest absolute Gasteiger partial charge is 0.443 e. The van der Waals surface area contributed by atoms with Gasteiger partial charge >= 0.3 is 0 Å². The van der Waals surface area contributed by atoms with Crippen molar-refractivity contribution in [2.24, 2.45) is 5.41 Å². The molecule has 4 aromatic rings. The molecule has 40 heavy (non-hydrogen) atoms. The lowest BCUT2D eigenvalue weighted by atomic mass is 9.66. The number of fused-ring (bicyclic) bond motifs is 5. The minimum atomic E-state index is -0.685. The van der Waals surface area contributed by atoms with Crippen molar-refractivity contribution in [3.63, 3.8) is 0 Å². The van der Waals surface area contributed by atoms with Gasteiger partial charge in [-0.1, -0.05) is 19.9 Å². The number of hydrogen-bond donors (Lipinski definition) is 2. The third-order valence-electron chi connectivity index (χ3n) is 8.38. The fraction of sp³-hybridized carbons (Fsp3) is 0.379. The van der Waals surface area contributed by atoms with Crippen molar-refractivity contribution in [2.45, 2.75) is 57.5 Å². The molecular formula is C29H28F2N6O3. The molecule has 1 saturated carbocycles. The van der Waals surface area contributed by atoms with Crippen molar-refractivity contribution >= 4 is 5.91 Å². The van der Waals surface area contributed by atoms with Gasteiger partial charge < -0.3 is 14.8 Å². The number of nitrogens with zero attached hydrogens (tertiary/aromatic N) is 5. The summed E-state index contributed by atoms with van der Waals surface area (Å²) in [5, 5.41) is 20.8. The van der Waals surface area contributed by atoms with Gasteiger partial charge in [-0.2, -0.15) is 5.10 Å². The first-order valence-electron chi connectivity index (χ1n) is 13.2. The molecule has 206 valence electrons. The topological polar surface area (TPSA) is 127 Å². The fourth-order valence-corrected chi connectivity index (χ4v) is 6.43. The first-order valence-corrected chi connectivity index (χ1v) is 13.2. The van der Waals surface area contributed by atoms with E-state index in [1.807, 2.05) is 0 Å². The summed E-state index contributed by atoms with van der Waals surface area (Å²) < 4.78 is 34.7. The number of carbonyl (C=O) groups is 1. The number of aliphatic hydroxyl groups excluding tert-OH is 1. The molecule has 0 aliphatic heterocycles. The lowest BCUT2D eigenvalue weighted by Crippen LogP contribution is -2.38. The summed E-state index contributed by atoms with van der Waals surface area (Å²) >= 11 is 0. The minimum absolute atomic E-state index is 0.00408. The molecule has 11 heteroatoms. The quantitative estimate of drug-likeness (QED) is 0.355. The number of benzene rings is 1. The lowest BCUT2D eigenvalue weighted by Gasteiger charge is -2.37. The Balaban J connectivity index is 1.35. The first-order chi connectivity index (χ1) is 19.1. The number of carbonyl (C=O) groups excluding carboxylic acids is 1. The fourth-order valence-electron chi connectivity index (χ4n) is 6.43. The Bertz CT molecular complexity index is 1600. The highest BCUT2D eigenvalue weighted by atomic mass is 19.1. The van der Waals surface area contributed by atoms with Crippen molar-refractivity contribution < 1.29 is 23.1 Å². The predicted octanol–water partition coefficient (Wildman–Crippen LogP) is 4.11. The van der Waals surface area contributed by atoms with Crippen LogP contribution < -0.4 is 5.32 Å². The molecule has 9 nitrogen and oxygen atoms in total. The van der Waals surface area contributed by atoms with E-state index in [1.54, 1.807) is 25.4 Å². The Morgan fingerprint density at radius 2 is 1.95 bits per heavy atom. The summed E-state index contributed by atoms with van der Waals surface area (Å²) in [6.07, 6.45) is 5.62. The van der Waals surface area contributed by atoms with E-state index >= 15 is 0 Å². The van der Waals surface area contributed by atoms with E-state index in [-0.39, 0.29) is 47.4 Å². The second-order valence-corrected chi connectivity index (χ2v) is 11.1. The van der Waals surface area contributed by atoms with Crippen molar-refractivity contribution in [3.8, 4) is 22.8 Å². The maximum Gasteiger partial charge on any atom is 0.246 e. The highest BCUT2D eigenvalue weighted by molar-refractivity contribution is 5.78. The number of halogens is 2. The normalized spacial score (nSPS) is 21.3. The van der Waals surface area contributed by atoms with E-state index in [2.05, 4.69) is 39.3 Å². The van der Waals surface area contributed by atoms with Crippen LogP contribution in [0.25, 0.3) is 22.8 Å². The third-order valence-corrected chi connectivity index (χ3v) is 8.38. The van der Waals surface area contributed by atoms with Crippen LogP contribution in [0.1, 0.15) is 62.2 Å². The van der Waals surface area contributed by atoms with Gasteiger partial charge in [0.15, 0.2) is 0 Å². The van der Waals surface area contributed by atoms with E-state index in [0.29, 0.717) is 17.1 Å². The number of rotatable bonds is 7. The van der Waals surface area contributed by atoms with Gasteiger partial charge in [0.25, 0.3) is 0 Å². The molecule has 2 bridgehead atoms. The van der Waals surface area contributed by atoms with Gasteiger partial charge in [-0.3, -0.25) is 9.78 Å². The molecule has 2 N–H and O–H groups in total. The molecule has 1 unspecified atom stereocenters. The van der Waals surface area contributed by atoms with Crippen molar-refractivity contribution in [3.05, 3.63) is 77.2 Å². The molecule has 2 aliphatic rings. The molecule has 3 aromatic heterocycles. The predicted molar refractivity (Wildman–Crippen MR) is 140 cm³/mol. The summed E-state index contributed by atoms with van der Waals surface area (Å²) in [7, 11) is 0. The van der Waals surface area contributed by atoms with Crippen LogP contribution in [0.5, 0.6) is 0 Å². The van der Waals surface area contributed by atoms with Crippen LogP contribution in [0.3, 0.4) is 0 Å². The number of oxazole rings is 1. The summed E-state index contributed by atoms with van der Waals surface area (Å²) in [6.45, 7) is 6.04. The number of aliphatic hydroxyl groups is 1. The van der Waals surface area contributed by atoms with Gasteiger partial charge in [0.05, 0.1) is 52.5 Å². The molecule has 0 spiro atoms. The van der Waals surface area contributed by atoms with Crippen LogP contribution in [0.4, 0.5) is 8.78 Å². The summed E-state index contributed by atoms with van der Waals surface area (Å²) in [5.74, 6) is -1.34. The summed E-state index contributed by atoms with van der Waals surface area (Å²) in [6, 6.07) is 5.51. The maximum absolute atomic E-state index is 14.5. The van der Waals surface area contributed by atoms with Gasteiger partial charge in [0, 0.05) is 12.7 Å². The zero-order valence-electron chi connectivity index (χ0n) is 22.3. The first kappa shape index (κ1) is 26.1. The standard InChI is InChI=1S/C29H28F2N6O3/c1-15(38)11-33-24(39)9-16-14-40-27(34-16)22-12-32-13-23(35-22)29-8-7-18(28(29,2)3)17-10-21(36-37-26(17)29)25-19(30)5-4-6-20(25)31/h4-6,10,12-15,18,38H,7-9,11H2,1-3H3,(H,33,39)/t15?,18-,29+/m0/s1. The van der Waals surface area contributed by atoms with Gasteiger partial charge in [0.2, 0.25) is 11.8 Å². The Kier molecular flexibility index (Phi) is 6.21. The zero-order valence-corrected chi connectivity index (χ0v) is 22.3. The second-order valence-electron chi connectivity index (χ2n) is 11.1. The van der Waals surface area contributed by atoms with Crippen molar-refractivity contribution in [2.75, 3.05) is 6.54 Å². The number of hydrogen-bond acceptors (Lipinski definition) is 8. The lowest BCUT2D eigenvalue weighted by molar-refractivity contribution is -0.120. The smallest absolute Gasteiger partial charge is 0.246 e. The summed E-state index contributed by atoms with van der Waals surface area (Å²) in [4.78, 5) is 25.9. The Morgan fingerprint density at radius 1 is 1.18 bits per heavy atom. The van der Waals surface area contributed by atoms with Gasteiger partial charge in [-0.05, 0) is 54.9 Å². The zero-order chi connectivity index (χ0) is 28.2. The molecular weight excluding hydrogens is 518 g/mol. The molecule has 0 saturated heterocycles. The molecule has 1 aromatic carbocycles. The molecule has 2 aliphatic carbocycles. The molecule has 1 amide bonds. The van der Waals surface area contributed by atoms with E-state index in [1.165, 1.54) is 24.5 Å². The molecule has 3 atom stereocenters. The maximum atomic E-state index is 14.5. The van der Waals surface area contributed by atoms with Crippen LogP contribution >= 0.6 is 0 Å². The van der Waals surface area contributed by atoms with Gasteiger partial charge in [-0.15, -0.1) is 5.10 Å². The average molecular weight is 547 g/mol. The molecule has 6 rings (SSSR count). The number of aromatic nitrogens is 5. The number of nitrogens with one attached hydrogen (secondary N) is 1.